The number of phenolic OH excluding ortho intramolecular Hbond substituents is 1. The lowest BCUT2D eigenvalue weighted by molar-refractivity contribution is 0.317. The fraction of sp³-hybridized carbons (Fsp3) is 0.107. The van der Waals surface area contributed by atoms with Crippen LogP contribution in [0.5, 0.6) is 11.5 Å². The molecule has 0 atom stereocenters. The maximum absolute atomic E-state index is 13.5. The number of fused-ring (bicyclic) bond motifs is 2. The van der Waals surface area contributed by atoms with Gasteiger partial charge in [-0.2, -0.15) is 9.78 Å². The Balaban J connectivity index is 1.69. The van der Waals surface area contributed by atoms with Gasteiger partial charge >= 0.3 is 0 Å². The lowest BCUT2D eigenvalue weighted by atomic mass is 10.1. The number of halogens is 1. The minimum absolute atomic E-state index is 0.0556. The van der Waals surface area contributed by atoms with Crippen LogP contribution >= 0.6 is 11.6 Å². The van der Waals surface area contributed by atoms with Gasteiger partial charge in [0.1, 0.15) is 5.58 Å². The predicted octanol–water partition coefficient (Wildman–Crippen LogP) is 6.18. The van der Waals surface area contributed by atoms with E-state index in [-0.39, 0.29) is 17.1 Å². The minimum Gasteiger partial charge on any atom is -0.504 e. The third-order valence-electron chi connectivity index (χ3n) is 5.62. The van der Waals surface area contributed by atoms with Gasteiger partial charge in [-0.1, -0.05) is 29.8 Å². The fourth-order valence-corrected chi connectivity index (χ4v) is 4.16. The molecule has 8 heteroatoms. The third-order valence-corrected chi connectivity index (χ3v) is 5.85. The Labute approximate surface area is 211 Å². The number of ether oxygens (including phenoxy) is 1. The van der Waals surface area contributed by atoms with Gasteiger partial charge in [-0.05, 0) is 67.4 Å². The van der Waals surface area contributed by atoms with Gasteiger partial charge in [-0.15, -0.1) is 6.58 Å². The van der Waals surface area contributed by atoms with Crippen molar-refractivity contribution in [2.75, 3.05) is 6.61 Å². The molecule has 3 aromatic carbocycles. The van der Waals surface area contributed by atoms with Crippen LogP contribution in [0.1, 0.15) is 18.1 Å². The number of phenols is 1. The van der Waals surface area contributed by atoms with Crippen molar-refractivity contribution in [3.63, 3.8) is 0 Å². The summed E-state index contributed by atoms with van der Waals surface area (Å²) in [5, 5.41) is 16.8. The summed E-state index contributed by atoms with van der Waals surface area (Å²) in [6, 6.07) is 17.6. The number of para-hydroxylation sites is 1. The van der Waals surface area contributed by atoms with E-state index in [0.29, 0.717) is 57.2 Å². The van der Waals surface area contributed by atoms with Gasteiger partial charge in [0.15, 0.2) is 17.3 Å². The molecule has 5 aromatic rings. The highest BCUT2D eigenvalue weighted by molar-refractivity contribution is 6.31. The molecule has 0 saturated carbocycles. The fourth-order valence-electron chi connectivity index (χ4n) is 3.98. The van der Waals surface area contributed by atoms with Gasteiger partial charge in [0, 0.05) is 16.0 Å². The largest absolute Gasteiger partial charge is 0.504 e. The Hall–Kier alpha value is -4.36. The first kappa shape index (κ1) is 23.4. The molecule has 0 spiro atoms. The number of hydrogen-bond acceptors (Lipinski definition) is 6. The Morgan fingerprint density at radius 2 is 2.03 bits per heavy atom. The molecule has 5 rings (SSSR count). The Kier molecular flexibility index (Phi) is 6.31. The average molecular weight is 500 g/mol. The monoisotopic (exact) mass is 499 g/mol. The summed E-state index contributed by atoms with van der Waals surface area (Å²) < 4.78 is 12.8. The van der Waals surface area contributed by atoms with Gasteiger partial charge in [0.05, 0.1) is 23.7 Å². The highest BCUT2D eigenvalue weighted by atomic mass is 35.5. The number of aromatic nitrogens is 2. The van der Waals surface area contributed by atoms with Crippen molar-refractivity contribution in [1.82, 2.24) is 9.66 Å². The zero-order chi connectivity index (χ0) is 25.2. The number of rotatable bonds is 7. The van der Waals surface area contributed by atoms with E-state index in [2.05, 4.69) is 16.7 Å². The third kappa shape index (κ3) is 4.36. The zero-order valence-electron chi connectivity index (χ0n) is 19.4. The summed E-state index contributed by atoms with van der Waals surface area (Å²) >= 11 is 6.14. The van der Waals surface area contributed by atoms with Crippen molar-refractivity contribution >= 4 is 39.7 Å². The molecule has 180 valence electrons. The van der Waals surface area contributed by atoms with E-state index in [1.54, 1.807) is 60.7 Å². The van der Waals surface area contributed by atoms with E-state index in [0.717, 1.165) is 5.39 Å². The lowest BCUT2D eigenvalue weighted by Gasteiger charge is -2.11. The second kappa shape index (κ2) is 9.71. The highest BCUT2D eigenvalue weighted by Crippen LogP contribution is 2.32. The molecule has 0 radical (unpaired) electrons. The SMILES string of the molecule is C=CCc1cc(C=Nn2c(-c3cc4cc(Cl)ccc4o3)nc3ccccc3c2=O)cc(OCC)c1O. The molecule has 0 aliphatic heterocycles. The molecule has 0 bridgehead atoms. The number of hydrogen-bond donors (Lipinski definition) is 1. The molecule has 0 fully saturated rings. The normalized spacial score (nSPS) is 11.5. The lowest BCUT2D eigenvalue weighted by Crippen LogP contribution is -2.20. The smallest absolute Gasteiger partial charge is 0.282 e. The van der Waals surface area contributed by atoms with Crippen molar-refractivity contribution in [2.24, 2.45) is 5.10 Å². The van der Waals surface area contributed by atoms with E-state index in [1.807, 2.05) is 13.0 Å². The van der Waals surface area contributed by atoms with Gasteiger partial charge in [-0.25, -0.2) is 4.98 Å². The average Bonchev–Trinajstić information content (AvgIpc) is 3.29. The van der Waals surface area contributed by atoms with Crippen LogP contribution in [-0.4, -0.2) is 27.6 Å². The summed E-state index contributed by atoms with van der Waals surface area (Å²) in [5.74, 6) is 1.01. The van der Waals surface area contributed by atoms with Crippen LogP contribution in [0.25, 0.3) is 33.5 Å². The Bertz CT molecular complexity index is 1700. The number of allylic oxidation sites excluding steroid dienone is 1. The van der Waals surface area contributed by atoms with Crippen molar-refractivity contribution in [3.8, 4) is 23.1 Å². The van der Waals surface area contributed by atoms with Gasteiger partial charge in [0.25, 0.3) is 5.56 Å². The number of nitrogens with zero attached hydrogens (tertiary/aromatic N) is 3. The summed E-state index contributed by atoms with van der Waals surface area (Å²) in [6.07, 6.45) is 3.66. The molecule has 0 aliphatic rings. The van der Waals surface area contributed by atoms with Crippen molar-refractivity contribution < 1.29 is 14.3 Å². The van der Waals surface area contributed by atoms with Crippen LogP contribution < -0.4 is 10.3 Å². The van der Waals surface area contributed by atoms with Crippen molar-refractivity contribution in [3.05, 3.63) is 99.8 Å². The molecular weight excluding hydrogens is 478 g/mol. The minimum atomic E-state index is -0.347. The van der Waals surface area contributed by atoms with Crippen LogP contribution in [0.4, 0.5) is 0 Å². The van der Waals surface area contributed by atoms with Gasteiger partial charge in [0.2, 0.25) is 5.82 Å². The first-order chi connectivity index (χ1) is 17.5. The molecule has 0 aliphatic carbocycles. The molecule has 7 nitrogen and oxygen atoms in total. The maximum atomic E-state index is 13.5. The molecule has 2 aromatic heterocycles. The van der Waals surface area contributed by atoms with Crippen LogP contribution in [0.2, 0.25) is 5.02 Å². The molecule has 36 heavy (non-hydrogen) atoms. The van der Waals surface area contributed by atoms with Crippen molar-refractivity contribution in [2.45, 2.75) is 13.3 Å². The highest BCUT2D eigenvalue weighted by Gasteiger charge is 2.17. The summed E-state index contributed by atoms with van der Waals surface area (Å²) in [7, 11) is 0. The second-order valence-electron chi connectivity index (χ2n) is 8.06. The summed E-state index contributed by atoms with van der Waals surface area (Å²) in [6.45, 7) is 5.97. The van der Waals surface area contributed by atoms with Gasteiger partial charge < -0.3 is 14.3 Å². The quantitative estimate of drug-likeness (QED) is 0.213. The van der Waals surface area contributed by atoms with Gasteiger partial charge in [-0.3, -0.25) is 4.79 Å². The number of benzene rings is 3. The van der Waals surface area contributed by atoms with E-state index in [9.17, 15) is 9.90 Å². The standard InChI is InChI=1S/C28H22ClN3O4/c1-3-7-18-12-17(13-24(26(18)33)35-4-2)16-30-32-27(31-22-9-6-5-8-21(22)28(32)34)25-15-19-14-20(29)10-11-23(19)36-25/h3,5-6,8-16,33H,1,4,7H2,2H3. The number of furan rings is 1. The molecule has 1 N–H and O–H groups in total. The molecule has 0 unspecified atom stereocenters. The maximum Gasteiger partial charge on any atom is 0.282 e. The molecule has 2 heterocycles. The topological polar surface area (TPSA) is 89.9 Å². The van der Waals surface area contributed by atoms with Crippen LogP contribution in [0, 0.1) is 0 Å². The first-order valence-electron chi connectivity index (χ1n) is 11.3. The Morgan fingerprint density at radius 1 is 1.19 bits per heavy atom. The zero-order valence-corrected chi connectivity index (χ0v) is 20.2. The summed E-state index contributed by atoms with van der Waals surface area (Å²) in [5.41, 5.74) is 2.06. The summed E-state index contributed by atoms with van der Waals surface area (Å²) in [4.78, 5) is 18.2. The predicted molar refractivity (Wildman–Crippen MR) is 142 cm³/mol. The van der Waals surface area contributed by atoms with E-state index in [4.69, 9.17) is 20.8 Å². The van der Waals surface area contributed by atoms with E-state index < -0.39 is 0 Å². The second-order valence-corrected chi connectivity index (χ2v) is 8.50. The molecular formula is C28H22ClN3O4. The van der Waals surface area contributed by atoms with E-state index in [1.165, 1.54) is 10.9 Å². The number of aromatic hydroxyl groups is 1. The Morgan fingerprint density at radius 3 is 2.83 bits per heavy atom. The molecule has 0 amide bonds. The van der Waals surface area contributed by atoms with E-state index >= 15 is 0 Å². The van der Waals surface area contributed by atoms with Crippen molar-refractivity contribution in [1.29, 1.82) is 0 Å². The van der Waals surface area contributed by atoms with Crippen LogP contribution in [-0.2, 0) is 6.42 Å². The first-order valence-corrected chi connectivity index (χ1v) is 11.7. The van der Waals surface area contributed by atoms with Crippen LogP contribution in [0.3, 0.4) is 0 Å². The molecule has 0 saturated heterocycles. The van der Waals surface area contributed by atoms with Crippen LogP contribution in [0.15, 0.2) is 87.6 Å².